The lowest BCUT2D eigenvalue weighted by Crippen LogP contribution is -2.08. The number of carbonyl (C=O) groups is 1. The quantitative estimate of drug-likeness (QED) is 0.567. The van der Waals surface area contributed by atoms with Crippen LogP contribution in [0.4, 0.5) is 0 Å². The molecule has 0 aliphatic carbocycles. The molecule has 0 fully saturated rings. The van der Waals surface area contributed by atoms with Crippen LogP contribution in [0, 0.1) is 6.92 Å². The van der Waals surface area contributed by atoms with Gasteiger partial charge in [-0.2, -0.15) is 0 Å². The van der Waals surface area contributed by atoms with Crippen LogP contribution in [0.2, 0.25) is 0 Å². The van der Waals surface area contributed by atoms with Crippen molar-refractivity contribution in [3.63, 3.8) is 0 Å². The fourth-order valence-electron chi connectivity index (χ4n) is 1.28. The summed E-state index contributed by atoms with van der Waals surface area (Å²) in [5.41, 5.74) is 1.66. The van der Waals surface area contributed by atoms with Gasteiger partial charge in [0.15, 0.2) is 0 Å². The van der Waals surface area contributed by atoms with Crippen molar-refractivity contribution in [2.45, 2.75) is 18.7 Å². The van der Waals surface area contributed by atoms with Crippen LogP contribution in [0.25, 0.3) is 0 Å². The van der Waals surface area contributed by atoms with E-state index in [4.69, 9.17) is 4.74 Å². The summed E-state index contributed by atoms with van der Waals surface area (Å²) in [6, 6.07) is 5.81. The number of aryl methyl sites for hydroxylation is 1. The summed E-state index contributed by atoms with van der Waals surface area (Å²) >= 11 is 1.56. The van der Waals surface area contributed by atoms with E-state index in [1.807, 2.05) is 38.3 Å². The third-order valence-electron chi connectivity index (χ3n) is 1.93. The molecule has 0 heterocycles. The van der Waals surface area contributed by atoms with Crippen molar-refractivity contribution in [3.8, 4) is 0 Å². The molecule has 0 N–H and O–H groups in total. The molecule has 1 rings (SSSR count). The molecule has 0 radical (unpaired) electrons. The van der Waals surface area contributed by atoms with Crippen molar-refractivity contribution in [1.82, 2.24) is 0 Å². The zero-order valence-electron chi connectivity index (χ0n) is 8.66. The van der Waals surface area contributed by atoms with Gasteiger partial charge in [-0.15, -0.1) is 11.8 Å². The lowest BCUT2D eigenvalue weighted by molar-refractivity contribution is 0.0521. The van der Waals surface area contributed by atoms with E-state index < -0.39 is 0 Å². The van der Waals surface area contributed by atoms with Gasteiger partial charge in [-0.05, 0) is 31.7 Å². The molecular weight excluding hydrogens is 196 g/mol. The molecule has 0 aliphatic heterocycles. The molecule has 1 aromatic rings. The predicted molar refractivity (Wildman–Crippen MR) is 58.9 cm³/mol. The van der Waals surface area contributed by atoms with E-state index in [2.05, 4.69) is 0 Å². The normalized spacial score (nSPS) is 9.93. The SMILES string of the molecule is CCOC(=O)c1c(C)cccc1SC. The molecular formula is C11H14O2S. The van der Waals surface area contributed by atoms with Gasteiger partial charge in [0.1, 0.15) is 0 Å². The fraction of sp³-hybridized carbons (Fsp3) is 0.364. The van der Waals surface area contributed by atoms with Gasteiger partial charge < -0.3 is 4.74 Å². The van der Waals surface area contributed by atoms with Crippen LogP contribution in [0.1, 0.15) is 22.8 Å². The first-order valence-corrected chi connectivity index (χ1v) is 5.74. The predicted octanol–water partition coefficient (Wildman–Crippen LogP) is 2.89. The first-order valence-electron chi connectivity index (χ1n) is 4.51. The molecule has 0 spiro atoms. The second-order valence-corrected chi connectivity index (χ2v) is 3.72. The standard InChI is InChI=1S/C11H14O2S/c1-4-13-11(12)10-8(2)6-5-7-9(10)14-3/h5-7H,4H2,1-3H3. The van der Waals surface area contributed by atoms with Crippen LogP contribution in [-0.2, 0) is 4.74 Å². The summed E-state index contributed by atoms with van der Waals surface area (Å²) in [4.78, 5) is 12.6. The summed E-state index contributed by atoms with van der Waals surface area (Å²) in [5.74, 6) is -0.227. The van der Waals surface area contributed by atoms with Crippen LogP contribution in [-0.4, -0.2) is 18.8 Å². The average molecular weight is 210 g/mol. The Labute approximate surface area is 88.7 Å². The van der Waals surface area contributed by atoms with E-state index in [0.717, 1.165) is 10.5 Å². The Balaban J connectivity index is 3.10. The zero-order valence-corrected chi connectivity index (χ0v) is 9.48. The summed E-state index contributed by atoms with van der Waals surface area (Å²) in [5, 5.41) is 0. The second kappa shape index (κ2) is 5.05. The minimum atomic E-state index is -0.227. The van der Waals surface area contributed by atoms with Crippen molar-refractivity contribution in [1.29, 1.82) is 0 Å². The van der Waals surface area contributed by atoms with Gasteiger partial charge in [-0.25, -0.2) is 4.79 Å². The Kier molecular flexibility index (Phi) is 4.01. The monoisotopic (exact) mass is 210 g/mol. The van der Waals surface area contributed by atoms with Gasteiger partial charge in [0.2, 0.25) is 0 Å². The van der Waals surface area contributed by atoms with Gasteiger partial charge in [-0.3, -0.25) is 0 Å². The van der Waals surface area contributed by atoms with Crippen molar-refractivity contribution in [2.75, 3.05) is 12.9 Å². The highest BCUT2D eigenvalue weighted by Crippen LogP contribution is 2.23. The second-order valence-electron chi connectivity index (χ2n) is 2.87. The zero-order chi connectivity index (χ0) is 10.6. The van der Waals surface area contributed by atoms with E-state index in [9.17, 15) is 4.79 Å². The Hall–Kier alpha value is -0.960. The molecule has 14 heavy (non-hydrogen) atoms. The van der Waals surface area contributed by atoms with E-state index in [1.54, 1.807) is 11.8 Å². The summed E-state index contributed by atoms with van der Waals surface area (Å²) in [6.07, 6.45) is 1.96. The van der Waals surface area contributed by atoms with Crippen LogP contribution in [0.3, 0.4) is 0 Å². The number of hydrogen-bond acceptors (Lipinski definition) is 3. The molecule has 0 aliphatic rings. The van der Waals surface area contributed by atoms with Gasteiger partial charge in [0.25, 0.3) is 0 Å². The maximum Gasteiger partial charge on any atom is 0.339 e. The summed E-state index contributed by atoms with van der Waals surface area (Å²) in [6.45, 7) is 4.15. The summed E-state index contributed by atoms with van der Waals surface area (Å²) in [7, 11) is 0. The average Bonchev–Trinajstić information content (AvgIpc) is 2.17. The summed E-state index contributed by atoms with van der Waals surface area (Å²) < 4.78 is 5.00. The lowest BCUT2D eigenvalue weighted by atomic mass is 10.1. The van der Waals surface area contributed by atoms with Crippen molar-refractivity contribution < 1.29 is 9.53 Å². The molecule has 0 amide bonds. The highest BCUT2D eigenvalue weighted by molar-refractivity contribution is 7.98. The van der Waals surface area contributed by atoms with Crippen LogP contribution < -0.4 is 0 Å². The molecule has 1 aromatic carbocycles. The molecule has 3 heteroatoms. The molecule has 76 valence electrons. The smallest absolute Gasteiger partial charge is 0.339 e. The number of thioether (sulfide) groups is 1. The number of hydrogen-bond donors (Lipinski definition) is 0. The third kappa shape index (κ3) is 2.29. The Morgan fingerprint density at radius 3 is 2.79 bits per heavy atom. The van der Waals surface area contributed by atoms with E-state index in [-0.39, 0.29) is 5.97 Å². The number of carbonyl (C=O) groups excluding carboxylic acids is 1. The molecule has 0 atom stereocenters. The number of benzene rings is 1. The van der Waals surface area contributed by atoms with Gasteiger partial charge in [0.05, 0.1) is 12.2 Å². The van der Waals surface area contributed by atoms with Gasteiger partial charge in [-0.1, -0.05) is 12.1 Å². The molecule has 0 aromatic heterocycles. The first kappa shape index (κ1) is 11.1. The topological polar surface area (TPSA) is 26.3 Å². The van der Waals surface area contributed by atoms with Crippen LogP contribution >= 0.6 is 11.8 Å². The number of rotatable bonds is 3. The Morgan fingerprint density at radius 2 is 2.21 bits per heavy atom. The van der Waals surface area contributed by atoms with Gasteiger partial charge >= 0.3 is 5.97 Å². The minimum Gasteiger partial charge on any atom is -0.462 e. The minimum absolute atomic E-state index is 0.227. The molecule has 0 saturated heterocycles. The molecule has 0 bridgehead atoms. The first-order chi connectivity index (χ1) is 6.70. The fourth-order valence-corrected chi connectivity index (χ4v) is 1.94. The molecule has 0 saturated carbocycles. The maximum atomic E-state index is 11.6. The lowest BCUT2D eigenvalue weighted by Gasteiger charge is -2.09. The van der Waals surface area contributed by atoms with Crippen LogP contribution in [0.15, 0.2) is 23.1 Å². The van der Waals surface area contributed by atoms with Crippen molar-refractivity contribution in [3.05, 3.63) is 29.3 Å². The molecule has 2 nitrogen and oxygen atoms in total. The van der Waals surface area contributed by atoms with E-state index in [1.165, 1.54) is 0 Å². The third-order valence-corrected chi connectivity index (χ3v) is 2.71. The highest BCUT2D eigenvalue weighted by Gasteiger charge is 2.14. The molecule has 0 unspecified atom stereocenters. The number of ether oxygens (including phenoxy) is 1. The largest absolute Gasteiger partial charge is 0.462 e. The van der Waals surface area contributed by atoms with E-state index in [0.29, 0.717) is 12.2 Å². The van der Waals surface area contributed by atoms with Crippen molar-refractivity contribution in [2.24, 2.45) is 0 Å². The van der Waals surface area contributed by atoms with Crippen LogP contribution in [0.5, 0.6) is 0 Å². The van der Waals surface area contributed by atoms with Crippen molar-refractivity contribution >= 4 is 17.7 Å². The highest BCUT2D eigenvalue weighted by atomic mass is 32.2. The maximum absolute atomic E-state index is 11.6. The van der Waals surface area contributed by atoms with Gasteiger partial charge in [0, 0.05) is 4.90 Å². The Bertz CT molecular complexity index is 334. The Morgan fingerprint density at radius 1 is 1.50 bits per heavy atom. The van der Waals surface area contributed by atoms with E-state index >= 15 is 0 Å². The number of esters is 1.